The van der Waals surface area contributed by atoms with E-state index in [9.17, 15) is 9.59 Å². The van der Waals surface area contributed by atoms with E-state index in [1.54, 1.807) is 4.90 Å². The zero-order valence-corrected chi connectivity index (χ0v) is 11.9. The summed E-state index contributed by atoms with van der Waals surface area (Å²) >= 11 is 0. The second-order valence-electron chi connectivity index (χ2n) is 5.11. The minimum absolute atomic E-state index is 0.0453. The molecular formula is C16H21NO3. The van der Waals surface area contributed by atoms with Crippen LogP contribution in [0.25, 0.3) is 0 Å². The van der Waals surface area contributed by atoms with Crippen LogP contribution in [0.2, 0.25) is 0 Å². The number of rotatable bonds is 4. The maximum atomic E-state index is 12.3. The van der Waals surface area contributed by atoms with E-state index in [1.807, 2.05) is 30.3 Å². The number of carbonyl (C=O) groups is 2. The van der Waals surface area contributed by atoms with Crippen LogP contribution in [-0.2, 0) is 20.7 Å². The fraction of sp³-hybridized carbons (Fsp3) is 0.500. The molecule has 4 heteroatoms. The summed E-state index contributed by atoms with van der Waals surface area (Å²) < 4.78 is 4.80. The lowest BCUT2D eigenvalue weighted by Gasteiger charge is -2.33. The molecule has 0 saturated carbocycles. The lowest BCUT2D eigenvalue weighted by Crippen LogP contribution is -2.48. The molecule has 1 amide bonds. The van der Waals surface area contributed by atoms with Crippen molar-refractivity contribution < 1.29 is 14.3 Å². The van der Waals surface area contributed by atoms with Crippen LogP contribution in [0.4, 0.5) is 0 Å². The van der Waals surface area contributed by atoms with Crippen molar-refractivity contribution in [3.8, 4) is 0 Å². The third-order valence-electron chi connectivity index (χ3n) is 3.77. The number of benzene rings is 1. The van der Waals surface area contributed by atoms with Gasteiger partial charge in [0.25, 0.3) is 0 Å². The van der Waals surface area contributed by atoms with Crippen molar-refractivity contribution in [3.63, 3.8) is 0 Å². The van der Waals surface area contributed by atoms with Gasteiger partial charge in [0, 0.05) is 13.0 Å². The Bertz CT molecular complexity index is 458. The van der Waals surface area contributed by atoms with Gasteiger partial charge in [-0.15, -0.1) is 0 Å². The lowest BCUT2D eigenvalue weighted by molar-refractivity contribution is -0.154. The Morgan fingerprint density at radius 2 is 2.00 bits per heavy atom. The number of carbonyl (C=O) groups excluding carboxylic acids is 2. The predicted octanol–water partition coefficient (Wildman–Crippen LogP) is 2.17. The van der Waals surface area contributed by atoms with Crippen molar-refractivity contribution >= 4 is 11.9 Å². The molecule has 0 aliphatic carbocycles. The molecule has 1 atom stereocenters. The van der Waals surface area contributed by atoms with Gasteiger partial charge in [-0.2, -0.15) is 0 Å². The second kappa shape index (κ2) is 7.08. The summed E-state index contributed by atoms with van der Waals surface area (Å²) in [5.41, 5.74) is 1.15. The summed E-state index contributed by atoms with van der Waals surface area (Å²) in [4.78, 5) is 25.8. The molecule has 0 N–H and O–H groups in total. The highest BCUT2D eigenvalue weighted by molar-refractivity contribution is 5.84. The molecule has 0 bridgehead atoms. The predicted molar refractivity (Wildman–Crippen MR) is 76.1 cm³/mol. The largest absolute Gasteiger partial charge is 0.467 e. The smallest absolute Gasteiger partial charge is 0.328 e. The molecule has 0 radical (unpaired) electrons. The SMILES string of the molecule is COC(=O)[C@H]1CCCCN1C(=O)CCc1ccccc1. The van der Waals surface area contributed by atoms with E-state index >= 15 is 0 Å². The lowest BCUT2D eigenvalue weighted by atomic mass is 10.0. The van der Waals surface area contributed by atoms with E-state index < -0.39 is 6.04 Å². The molecule has 108 valence electrons. The van der Waals surface area contributed by atoms with Crippen LogP contribution in [0.15, 0.2) is 30.3 Å². The molecule has 0 unspecified atom stereocenters. The van der Waals surface area contributed by atoms with Crippen molar-refractivity contribution in [2.75, 3.05) is 13.7 Å². The third kappa shape index (κ3) is 3.59. The molecule has 0 spiro atoms. The normalized spacial score (nSPS) is 18.6. The highest BCUT2D eigenvalue weighted by Gasteiger charge is 2.32. The number of nitrogens with zero attached hydrogens (tertiary/aromatic N) is 1. The molecule has 1 heterocycles. The first-order chi connectivity index (χ1) is 9.72. The van der Waals surface area contributed by atoms with Crippen LogP contribution >= 0.6 is 0 Å². The van der Waals surface area contributed by atoms with Gasteiger partial charge in [-0.05, 0) is 31.2 Å². The van der Waals surface area contributed by atoms with Gasteiger partial charge in [-0.25, -0.2) is 4.79 Å². The molecule has 4 nitrogen and oxygen atoms in total. The summed E-state index contributed by atoms with van der Waals surface area (Å²) in [7, 11) is 1.38. The maximum Gasteiger partial charge on any atom is 0.328 e. The van der Waals surface area contributed by atoms with Crippen molar-refractivity contribution in [1.82, 2.24) is 4.90 Å². The van der Waals surface area contributed by atoms with Gasteiger partial charge in [-0.3, -0.25) is 4.79 Å². The van der Waals surface area contributed by atoms with Crippen LogP contribution in [0, 0.1) is 0 Å². The minimum atomic E-state index is -0.392. The molecule has 0 aromatic heterocycles. The Balaban J connectivity index is 1.94. The molecule has 1 aliphatic heterocycles. The van der Waals surface area contributed by atoms with Gasteiger partial charge < -0.3 is 9.64 Å². The first kappa shape index (κ1) is 14.6. The van der Waals surface area contributed by atoms with E-state index in [-0.39, 0.29) is 11.9 Å². The molecule has 1 aromatic carbocycles. The number of likely N-dealkylation sites (tertiary alicyclic amines) is 1. The molecule has 1 aromatic rings. The molecular weight excluding hydrogens is 254 g/mol. The van der Waals surface area contributed by atoms with Crippen LogP contribution in [0.5, 0.6) is 0 Å². The van der Waals surface area contributed by atoms with E-state index in [2.05, 4.69) is 0 Å². The number of methoxy groups -OCH3 is 1. The van der Waals surface area contributed by atoms with Gasteiger partial charge in [0.15, 0.2) is 0 Å². The summed E-state index contributed by atoms with van der Waals surface area (Å²) in [5.74, 6) is -0.248. The van der Waals surface area contributed by atoms with Crippen LogP contribution in [0.3, 0.4) is 0 Å². The standard InChI is InChI=1S/C16H21NO3/c1-20-16(19)14-9-5-6-12-17(14)15(18)11-10-13-7-3-2-4-8-13/h2-4,7-8,14H,5-6,9-12H2,1H3/t14-/m1/s1. The topological polar surface area (TPSA) is 46.6 Å². The first-order valence-electron chi connectivity index (χ1n) is 7.13. The average Bonchev–Trinajstić information content (AvgIpc) is 2.52. The fourth-order valence-electron chi connectivity index (χ4n) is 2.65. The quantitative estimate of drug-likeness (QED) is 0.791. The first-order valence-corrected chi connectivity index (χ1v) is 7.13. The molecule has 20 heavy (non-hydrogen) atoms. The Hall–Kier alpha value is -1.84. The number of amides is 1. The van der Waals surface area contributed by atoms with Gasteiger partial charge in [0.1, 0.15) is 6.04 Å². The molecule has 1 saturated heterocycles. The van der Waals surface area contributed by atoms with Crippen LogP contribution in [0.1, 0.15) is 31.2 Å². The maximum absolute atomic E-state index is 12.3. The Labute approximate surface area is 119 Å². The third-order valence-corrected chi connectivity index (χ3v) is 3.77. The van der Waals surface area contributed by atoms with E-state index in [4.69, 9.17) is 4.74 Å². The van der Waals surface area contributed by atoms with Crippen LogP contribution in [-0.4, -0.2) is 36.5 Å². The summed E-state index contributed by atoms with van der Waals surface area (Å²) in [6.45, 7) is 0.660. The monoisotopic (exact) mass is 275 g/mol. The number of hydrogen-bond acceptors (Lipinski definition) is 3. The summed E-state index contributed by atoms with van der Waals surface area (Å²) in [6, 6.07) is 9.54. The van der Waals surface area contributed by atoms with E-state index in [0.29, 0.717) is 25.8 Å². The van der Waals surface area contributed by atoms with Gasteiger partial charge >= 0.3 is 5.97 Å². The zero-order valence-electron chi connectivity index (χ0n) is 11.9. The highest BCUT2D eigenvalue weighted by Crippen LogP contribution is 2.19. The van der Waals surface area contributed by atoms with Crippen molar-refractivity contribution in [2.45, 2.75) is 38.1 Å². The van der Waals surface area contributed by atoms with Crippen LogP contribution < -0.4 is 0 Å². The summed E-state index contributed by atoms with van der Waals surface area (Å²) in [5, 5.41) is 0. The second-order valence-corrected chi connectivity index (χ2v) is 5.11. The van der Waals surface area contributed by atoms with E-state index in [1.165, 1.54) is 7.11 Å². The van der Waals surface area contributed by atoms with Gasteiger partial charge in [0.2, 0.25) is 5.91 Å². The molecule has 1 fully saturated rings. The molecule has 1 aliphatic rings. The number of piperidine rings is 1. The average molecular weight is 275 g/mol. The molecule has 2 rings (SSSR count). The number of ether oxygens (including phenoxy) is 1. The van der Waals surface area contributed by atoms with E-state index in [0.717, 1.165) is 18.4 Å². The Morgan fingerprint density at radius 1 is 1.25 bits per heavy atom. The van der Waals surface area contributed by atoms with Gasteiger partial charge in [0.05, 0.1) is 7.11 Å². The minimum Gasteiger partial charge on any atom is -0.467 e. The number of aryl methyl sites for hydroxylation is 1. The van der Waals surface area contributed by atoms with Crippen molar-refractivity contribution in [3.05, 3.63) is 35.9 Å². The highest BCUT2D eigenvalue weighted by atomic mass is 16.5. The van der Waals surface area contributed by atoms with Crippen molar-refractivity contribution in [2.24, 2.45) is 0 Å². The Morgan fingerprint density at radius 3 is 2.70 bits per heavy atom. The zero-order chi connectivity index (χ0) is 14.4. The summed E-state index contributed by atoms with van der Waals surface area (Å²) in [6.07, 6.45) is 3.80. The number of hydrogen-bond donors (Lipinski definition) is 0. The van der Waals surface area contributed by atoms with Gasteiger partial charge in [-0.1, -0.05) is 30.3 Å². The van der Waals surface area contributed by atoms with Crippen molar-refractivity contribution in [1.29, 1.82) is 0 Å². The fourth-order valence-corrected chi connectivity index (χ4v) is 2.65. The number of esters is 1. The Kier molecular flexibility index (Phi) is 5.16.